The maximum atomic E-state index is 5.42. The summed E-state index contributed by atoms with van der Waals surface area (Å²) in [5.41, 5.74) is 0. The molecule has 0 radical (unpaired) electrons. The van der Waals surface area contributed by atoms with E-state index in [9.17, 15) is 0 Å². The summed E-state index contributed by atoms with van der Waals surface area (Å²) >= 11 is 0. The molecule has 0 aliphatic carbocycles. The molecule has 0 aromatic heterocycles. The molecule has 0 spiro atoms. The number of hydrogen-bond acceptors (Lipinski definition) is 3. The fourth-order valence-corrected chi connectivity index (χ4v) is 1.81. The van der Waals surface area contributed by atoms with Crippen molar-refractivity contribution in [2.75, 3.05) is 26.3 Å². The van der Waals surface area contributed by atoms with Gasteiger partial charge in [0.15, 0.2) is 0 Å². The number of hydrogen-bond donors (Lipinski definition) is 2. The molecule has 2 atom stereocenters. The van der Waals surface area contributed by atoms with E-state index in [1.54, 1.807) is 0 Å². The first kappa shape index (κ1) is 12.0. The Bertz CT molecular complexity index is 135. The second kappa shape index (κ2) is 7.21. The molecule has 3 heteroatoms. The smallest absolute Gasteiger partial charge is 0.0620 e. The summed E-state index contributed by atoms with van der Waals surface area (Å²) in [6, 6.07) is 1.15. The highest BCUT2D eigenvalue weighted by Gasteiger charge is 2.15. The third-order valence-electron chi connectivity index (χ3n) is 2.66. The van der Waals surface area contributed by atoms with Crippen molar-refractivity contribution >= 4 is 0 Å². The second-order valence-electron chi connectivity index (χ2n) is 4.17. The fourth-order valence-electron chi connectivity index (χ4n) is 1.81. The predicted octanol–water partition coefficient (Wildman–Crippen LogP) is 1.14. The van der Waals surface area contributed by atoms with Crippen LogP contribution in [0.2, 0.25) is 0 Å². The number of morpholine rings is 1. The Hall–Kier alpha value is -0.120. The SMILES string of the molecule is CCCCNC(C)CC1COCCN1. The largest absolute Gasteiger partial charge is 0.379 e. The van der Waals surface area contributed by atoms with Crippen LogP contribution in [0.3, 0.4) is 0 Å². The Morgan fingerprint density at radius 3 is 3.07 bits per heavy atom. The summed E-state index contributed by atoms with van der Waals surface area (Å²) < 4.78 is 5.42. The molecule has 1 aliphatic heterocycles. The molecule has 2 N–H and O–H groups in total. The number of rotatable bonds is 6. The van der Waals surface area contributed by atoms with E-state index in [1.807, 2.05) is 0 Å². The molecule has 0 aromatic carbocycles. The van der Waals surface area contributed by atoms with Crippen molar-refractivity contribution in [2.45, 2.75) is 45.2 Å². The van der Waals surface area contributed by atoms with Crippen molar-refractivity contribution in [3.8, 4) is 0 Å². The number of unbranched alkanes of at least 4 members (excludes halogenated alkanes) is 1. The van der Waals surface area contributed by atoms with Gasteiger partial charge in [-0.05, 0) is 26.3 Å². The third-order valence-corrected chi connectivity index (χ3v) is 2.66. The van der Waals surface area contributed by atoms with Gasteiger partial charge in [-0.3, -0.25) is 0 Å². The van der Waals surface area contributed by atoms with Crippen LogP contribution in [0.15, 0.2) is 0 Å². The highest BCUT2D eigenvalue weighted by atomic mass is 16.5. The Labute approximate surface area is 87.6 Å². The van der Waals surface area contributed by atoms with Gasteiger partial charge in [-0.1, -0.05) is 13.3 Å². The van der Waals surface area contributed by atoms with Gasteiger partial charge in [0, 0.05) is 18.6 Å². The zero-order chi connectivity index (χ0) is 10.2. The summed E-state index contributed by atoms with van der Waals surface area (Å²) in [6.45, 7) is 8.38. The van der Waals surface area contributed by atoms with E-state index in [2.05, 4.69) is 24.5 Å². The highest BCUT2D eigenvalue weighted by molar-refractivity contribution is 4.75. The average Bonchev–Trinajstić information content (AvgIpc) is 2.20. The molecule has 1 rings (SSSR count). The van der Waals surface area contributed by atoms with E-state index in [1.165, 1.54) is 19.3 Å². The van der Waals surface area contributed by atoms with Crippen LogP contribution in [0.25, 0.3) is 0 Å². The van der Waals surface area contributed by atoms with Crippen LogP contribution < -0.4 is 10.6 Å². The minimum Gasteiger partial charge on any atom is -0.379 e. The minimum atomic E-state index is 0.549. The van der Waals surface area contributed by atoms with E-state index in [0.717, 1.165) is 26.3 Å². The molecule has 14 heavy (non-hydrogen) atoms. The van der Waals surface area contributed by atoms with Gasteiger partial charge in [-0.25, -0.2) is 0 Å². The van der Waals surface area contributed by atoms with Gasteiger partial charge < -0.3 is 15.4 Å². The predicted molar refractivity (Wildman–Crippen MR) is 59.6 cm³/mol. The number of nitrogens with one attached hydrogen (secondary N) is 2. The van der Waals surface area contributed by atoms with Crippen molar-refractivity contribution in [2.24, 2.45) is 0 Å². The summed E-state index contributed by atoms with van der Waals surface area (Å²) in [6.07, 6.45) is 3.72. The van der Waals surface area contributed by atoms with E-state index >= 15 is 0 Å². The van der Waals surface area contributed by atoms with Crippen LogP contribution in [0.5, 0.6) is 0 Å². The summed E-state index contributed by atoms with van der Waals surface area (Å²) in [5, 5.41) is 7.01. The molecule has 0 amide bonds. The van der Waals surface area contributed by atoms with Gasteiger partial charge >= 0.3 is 0 Å². The molecule has 2 unspecified atom stereocenters. The van der Waals surface area contributed by atoms with Crippen molar-refractivity contribution in [1.82, 2.24) is 10.6 Å². The van der Waals surface area contributed by atoms with Crippen LogP contribution in [0.1, 0.15) is 33.1 Å². The number of ether oxygens (including phenoxy) is 1. The quantitative estimate of drug-likeness (QED) is 0.631. The van der Waals surface area contributed by atoms with E-state index < -0.39 is 0 Å². The Balaban J connectivity index is 2.03. The maximum Gasteiger partial charge on any atom is 0.0620 e. The third kappa shape index (κ3) is 4.94. The topological polar surface area (TPSA) is 33.3 Å². The molecule has 0 aromatic rings. The molecule has 0 bridgehead atoms. The van der Waals surface area contributed by atoms with E-state index in [-0.39, 0.29) is 0 Å². The summed E-state index contributed by atoms with van der Waals surface area (Å²) in [7, 11) is 0. The standard InChI is InChI=1S/C11H24N2O/c1-3-4-5-12-10(2)8-11-9-14-7-6-13-11/h10-13H,3-9H2,1-2H3. The Kier molecular flexibility index (Phi) is 6.15. The molecule has 1 aliphatic rings. The van der Waals surface area contributed by atoms with Gasteiger partial charge in [-0.15, -0.1) is 0 Å². The molecule has 1 heterocycles. The van der Waals surface area contributed by atoms with Crippen LogP contribution in [-0.2, 0) is 4.74 Å². The van der Waals surface area contributed by atoms with Crippen LogP contribution in [0, 0.1) is 0 Å². The first-order valence-electron chi connectivity index (χ1n) is 5.87. The summed E-state index contributed by atoms with van der Waals surface area (Å²) in [5.74, 6) is 0. The minimum absolute atomic E-state index is 0.549. The highest BCUT2D eigenvalue weighted by Crippen LogP contribution is 2.02. The molecule has 1 saturated heterocycles. The molecule has 84 valence electrons. The van der Waals surface area contributed by atoms with Gasteiger partial charge in [-0.2, -0.15) is 0 Å². The first-order chi connectivity index (χ1) is 6.83. The van der Waals surface area contributed by atoms with Gasteiger partial charge in [0.1, 0.15) is 0 Å². The van der Waals surface area contributed by atoms with Crippen molar-refractivity contribution in [1.29, 1.82) is 0 Å². The monoisotopic (exact) mass is 200 g/mol. The normalized spacial score (nSPS) is 24.9. The van der Waals surface area contributed by atoms with Crippen LogP contribution in [-0.4, -0.2) is 38.4 Å². The maximum absolute atomic E-state index is 5.42. The van der Waals surface area contributed by atoms with Gasteiger partial charge in [0.25, 0.3) is 0 Å². The lowest BCUT2D eigenvalue weighted by atomic mass is 10.1. The van der Waals surface area contributed by atoms with Crippen molar-refractivity contribution in [3.05, 3.63) is 0 Å². The Morgan fingerprint density at radius 2 is 2.43 bits per heavy atom. The fraction of sp³-hybridized carbons (Fsp3) is 1.00. The summed E-state index contributed by atoms with van der Waals surface area (Å²) in [4.78, 5) is 0. The molecule has 0 saturated carbocycles. The molecular formula is C11H24N2O. The molecular weight excluding hydrogens is 176 g/mol. The lowest BCUT2D eigenvalue weighted by Gasteiger charge is -2.26. The lowest BCUT2D eigenvalue weighted by Crippen LogP contribution is -2.45. The van der Waals surface area contributed by atoms with Crippen molar-refractivity contribution < 1.29 is 4.74 Å². The van der Waals surface area contributed by atoms with E-state index in [4.69, 9.17) is 4.74 Å². The van der Waals surface area contributed by atoms with Gasteiger partial charge in [0.05, 0.1) is 13.2 Å². The van der Waals surface area contributed by atoms with Gasteiger partial charge in [0.2, 0.25) is 0 Å². The zero-order valence-electron chi connectivity index (χ0n) is 9.51. The lowest BCUT2D eigenvalue weighted by molar-refractivity contribution is 0.0712. The first-order valence-corrected chi connectivity index (χ1v) is 5.87. The molecule has 1 fully saturated rings. The molecule has 3 nitrogen and oxygen atoms in total. The van der Waals surface area contributed by atoms with Crippen LogP contribution in [0.4, 0.5) is 0 Å². The van der Waals surface area contributed by atoms with E-state index in [0.29, 0.717) is 12.1 Å². The van der Waals surface area contributed by atoms with Crippen molar-refractivity contribution in [3.63, 3.8) is 0 Å². The average molecular weight is 200 g/mol. The Morgan fingerprint density at radius 1 is 1.57 bits per heavy atom. The zero-order valence-corrected chi connectivity index (χ0v) is 9.51. The second-order valence-corrected chi connectivity index (χ2v) is 4.17. The van der Waals surface area contributed by atoms with Crippen LogP contribution >= 0.6 is 0 Å².